The van der Waals surface area contributed by atoms with Gasteiger partial charge >= 0.3 is 0 Å². The molecule has 146 valence electrons. The van der Waals surface area contributed by atoms with Gasteiger partial charge in [0.25, 0.3) is 0 Å². The minimum absolute atomic E-state index is 0.0477. The van der Waals surface area contributed by atoms with Gasteiger partial charge in [-0.2, -0.15) is 0 Å². The van der Waals surface area contributed by atoms with E-state index in [0.717, 1.165) is 42.0 Å². The number of aromatic nitrogens is 2. The van der Waals surface area contributed by atoms with Crippen molar-refractivity contribution in [2.75, 3.05) is 6.61 Å². The maximum absolute atomic E-state index is 6.50. The third-order valence-electron chi connectivity index (χ3n) is 5.17. The molecule has 2 unspecified atom stereocenters. The molecule has 2 atom stereocenters. The van der Waals surface area contributed by atoms with Gasteiger partial charge in [0.15, 0.2) is 0 Å². The van der Waals surface area contributed by atoms with E-state index < -0.39 is 0 Å². The van der Waals surface area contributed by atoms with Gasteiger partial charge < -0.3 is 14.0 Å². The van der Waals surface area contributed by atoms with E-state index in [-0.39, 0.29) is 12.3 Å². The SMILES string of the molecule is CCOc1ccc(Cc2cc(C3CCCC(n4ccnc4)O3)ccc2Cl)cc1. The Labute approximate surface area is 171 Å². The molecule has 2 aromatic carbocycles. The third-order valence-corrected chi connectivity index (χ3v) is 5.54. The van der Waals surface area contributed by atoms with Crippen molar-refractivity contribution in [3.63, 3.8) is 0 Å². The van der Waals surface area contributed by atoms with Gasteiger partial charge in [-0.15, -0.1) is 0 Å². The van der Waals surface area contributed by atoms with Crippen LogP contribution in [0.2, 0.25) is 5.02 Å². The highest BCUT2D eigenvalue weighted by atomic mass is 35.5. The molecule has 2 heterocycles. The molecule has 0 saturated carbocycles. The number of rotatable bonds is 6. The zero-order chi connectivity index (χ0) is 19.3. The maximum atomic E-state index is 6.50. The molecule has 0 radical (unpaired) electrons. The fourth-order valence-corrected chi connectivity index (χ4v) is 3.91. The fraction of sp³-hybridized carbons (Fsp3) is 0.348. The molecule has 1 aromatic heterocycles. The third kappa shape index (κ3) is 4.40. The molecular weight excluding hydrogens is 372 g/mol. The second kappa shape index (κ2) is 8.80. The first kappa shape index (κ1) is 19.0. The van der Waals surface area contributed by atoms with Crippen LogP contribution in [0.3, 0.4) is 0 Å². The summed E-state index contributed by atoms with van der Waals surface area (Å²) in [6.45, 7) is 2.67. The summed E-state index contributed by atoms with van der Waals surface area (Å²) < 4.78 is 13.9. The Kier molecular flexibility index (Phi) is 5.98. The normalized spacial score (nSPS) is 19.5. The van der Waals surface area contributed by atoms with E-state index in [1.54, 1.807) is 6.20 Å². The van der Waals surface area contributed by atoms with Crippen LogP contribution in [-0.2, 0) is 11.2 Å². The fourth-order valence-electron chi connectivity index (χ4n) is 3.73. The lowest BCUT2D eigenvalue weighted by atomic mass is 9.96. The predicted octanol–water partition coefficient (Wildman–Crippen LogP) is 5.97. The van der Waals surface area contributed by atoms with Crippen LogP contribution in [0.4, 0.5) is 0 Å². The van der Waals surface area contributed by atoms with E-state index in [2.05, 4.69) is 29.2 Å². The van der Waals surface area contributed by atoms with E-state index in [1.807, 2.05) is 42.2 Å². The standard InChI is InChI=1S/C23H25ClN2O2/c1-2-27-20-9-6-17(7-10-20)14-19-15-18(8-11-21(19)24)22-4-3-5-23(28-22)26-13-12-25-16-26/h6-13,15-16,22-23H,2-5,14H2,1H3. The van der Waals surface area contributed by atoms with E-state index in [1.165, 1.54) is 11.1 Å². The minimum Gasteiger partial charge on any atom is -0.494 e. The van der Waals surface area contributed by atoms with Crippen LogP contribution in [0.5, 0.6) is 5.75 Å². The molecule has 0 spiro atoms. The monoisotopic (exact) mass is 396 g/mol. The van der Waals surface area contributed by atoms with Crippen molar-refractivity contribution >= 4 is 11.6 Å². The first-order valence-electron chi connectivity index (χ1n) is 9.86. The molecule has 0 aliphatic carbocycles. The van der Waals surface area contributed by atoms with Crippen LogP contribution < -0.4 is 4.74 Å². The Hall–Kier alpha value is -2.30. The first-order valence-corrected chi connectivity index (χ1v) is 10.2. The van der Waals surface area contributed by atoms with Crippen molar-refractivity contribution < 1.29 is 9.47 Å². The summed E-state index contributed by atoms with van der Waals surface area (Å²) in [7, 11) is 0. The van der Waals surface area contributed by atoms with Gasteiger partial charge in [0.1, 0.15) is 12.0 Å². The highest BCUT2D eigenvalue weighted by molar-refractivity contribution is 6.31. The summed E-state index contributed by atoms with van der Waals surface area (Å²) in [5.74, 6) is 0.896. The van der Waals surface area contributed by atoms with E-state index in [4.69, 9.17) is 21.1 Å². The summed E-state index contributed by atoms with van der Waals surface area (Å²) in [6.07, 6.45) is 9.67. The average Bonchev–Trinajstić information content (AvgIpc) is 3.26. The Morgan fingerprint density at radius 2 is 2.04 bits per heavy atom. The number of ether oxygens (including phenoxy) is 2. The Morgan fingerprint density at radius 3 is 2.79 bits per heavy atom. The minimum atomic E-state index is 0.0477. The number of imidazole rings is 1. The first-order chi connectivity index (χ1) is 13.7. The van der Waals surface area contributed by atoms with Crippen LogP contribution in [-0.4, -0.2) is 16.2 Å². The number of halogens is 1. The van der Waals surface area contributed by atoms with Crippen molar-refractivity contribution in [3.8, 4) is 5.75 Å². The van der Waals surface area contributed by atoms with Crippen molar-refractivity contribution in [3.05, 3.63) is 82.9 Å². The van der Waals surface area contributed by atoms with E-state index in [0.29, 0.717) is 6.61 Å². The summed E-state index contributed by atoms with van der Waals surface area (Å²) in [6, 6.07) is 14.5. The molecule has 0 N–H and O–H groups in total. The van der Waals surface area contributed by atoms with Gasteiger partial charge in [0, 0.05) is 17.4 Å². The Morgan fingerprint density at radius 1 is 1.18 bits per heavy atom. The lowest BCUT2D eigenvalue weighted by Gasteiger charge is -2.31. The lowest BCUT2D eigenvalue weighted by molar-refractivity contribution is -0.0916. The van der Waals surface area contributed by atoms with Crippen LogP contribution in [0, 0.1) is 0 Å². The van der Waals surface area contributed by atoms with Crippen molar-refractivity contribution in [1.29, 1.82) is 0 Å². The molecule has 0 amide bonds. The van der Waals surface area contributed by atoms with Crippen molar-refractivity contribution in [2.24, 2.45) is 0 Å². The van der Waals surface area contributed by atoms with E-state index >= 15 is 0 Å². The van der Waals surface area contributed by atoms with Crippen LogP contribution in [0.15, 0.2) is 61.2 Å². The van der Waals surface area contributed by atoms with Gasteiger partial charge in [0.2, 0.25) is 0 Å². The molecule has 3 aromatic rings. The summed E-state index contributed by atoms with van der Waals surface area (Å²) in [5, 5.41) is 0.791. The van der Waals surface area contributed by atoms with Crippen LogP contribution in [0.1, 0.15) is 55.2 Å². The number of benzene rings is 2. The molecular formula is C23H25ClN2O2. The number of hydrogen-bond acceptors (Lipinski definition) is 3. The van der Waals surface area contributed by atoms with Gasteiger partial charge in [0.05, 0.1) is 19.0 Å². The summed E-state index contributed by atoms with van der Waals surface area (Å²) in [5.41, 5.74) is 3.52. The van der Waals surface area contributed by atoms with Gasteiger partial charge in [-0.3, -0.25) is 0 Å². The summed E-state index contributed by atoms with van der Waals surface area (Å²) in [4.78, 5) is 4.14. The zero-order valence-corrected chi connectivity index (χ0v) is 16.8. The van der Waals surface area contributed by atoms with Gasteiger partial charge in [-0.05, 0) is 67.5 Å². The second-order valence-electron chi connectivity index (χ2n) is 7.12. The van der Waals surface area contributed by atoms with Crippen LogP contribution >= 0.6 is 11.6 Å². The molecule has 4 rings (SSSR count). The molecule has 5 heteroatoms. The smallest absolute Gasteiger partial charge is 0.135 e. The Balaban J connectivity index is 1.50. The maximum Gasteiger partial charge on any atom is 0.135 e. The molecule has 4 nitrogen and oxygen atoms in total. The lowest BCUT2D eigenvalue weighted by Crippen LogP contribution is -2.20. The molecule has 1 aliphatic rings. The van der Waals surface area contributed by atoms with Gasteiger partial charge in [-0.25, -0.2) is 4.98 Å². The van der Waals surface area contributed by atoms with Crippen LogP contribution in [0.25, 0.3) is 0 Å². The quantitative estimate of drug-likeness (QED) is 0.515. The Bertz CT molecular complexity index is 893. The largest absolute Gasteiger partial charge is 0.494 e. The highest BCUT2D eigenvalue weighted by Crippen LogP contribution is 2.37. The number of nitrogens with zero attached hydrogens (tertiary/aromatic N) is 2. The predicted molar refractivity (Wildman–Crippen MR) is 111 cm³/mol. The molecule has 1 aliphatic heterocycles. The number of hydrogen-bond donors (Lipinski definition) is 0. The summed E-state index contributed by atoms with van der Waals surface area (Å²) >= 11 is 6.50. The molecule has 1 saturated heterocycles. The molecule has 1 fully saturated rings. The second-order valence-corrected chi connectivity index (χ2v) is 7.53. The zero-order valence-electron chi connectivity index (χ0n) is 16.1. The van der Waals surface area contributed by atoms with Crippen molar-refractivity contribution in [2.45, 2.75) is 44.9 Å². The average molecular weight is 397 g/mol. The van der Waals surface area contributed by atoms with E-state index in [9.17, 15) is 0 Å². The topological polar surface area (TPSA) is 36.3 Å². The molecule has 28 heavy (non-hydrogen) atoms. The highest BCUT2D eigenvalue weighted by Gasteiger charge is 2.25. The van der Waals surface area contributed by atoms with Crippen molar-refractivity contribution in [1.82, 2.24) is 9.55 Å². The van der Waals surface area contributed by atoms with Gasteiger partial charge in [-0.1, -0.05) is 35.9 Å². The molecule has 0 bridgehead atoms.